The van der Waals surface area contributed by atoms with E-state index in [-0.39, 0.29) is 10.8 Å². The number of ether oxygens (including phenoxy) is 1. The van der Waals surface area contributed by atoms with Gasteiger partial charge in [-0.1, -0.05) is 11.6 Å². The summed E-state index contributed by atoms with van der Waals surface area (Å²) in [6.07, 6.45) is 0. The van der Waals surface area contributed by atoms with Gasteiger partial charge in [-0.05, 0) is 19.9 Å². The van der Waals surface area contributed by atoms with Crippen molar-refractivity contribution in [3.05, 3.63) is 28.3 Å². The lowest BCUT2D eigenvalue weighted by Gasteiger charge is -2.09. The van der Waals surface area contributed by atoms with Gasteiger partial charge in [-0.25, -0.2) is 0 Å². The number of benzene rings is 1. The second-order valence-corrected chi connectivity index (χ2v) is 3.34. The second-order valence-electron chi connectivity index (χ2n) is 2.93. The molecule has 0 amide bonds. The molecule has 78 valence electrons. The van der Waals surface area contributed by atoms with Crippen LogP contribution in [0.3, 0.4) is 0 Å². The molecule has 0 bridgehead atoms. The van der Waals surface area contributed by atoms with E-state index in [2.05, 4.69) is 0 Å². The number of hydrogen-bond acceptors (Lipinski definition) is 3. The summed E-state index contributed by atoms with van der Waals surface area (Å²) in [5.74, 6) is 0.274. The molecule has 0 aromatic heterocycles. The third-order valence-electron chi connectivity index (χ3n) is 1.87. The van der Waals surface area contributed by atoms with Crippen molar-refractivity contribution in [3.8, 4) is 11.8 Å². The topological polar surface area (TPSA) is 50.1 Å². The zero-order chi connectivity index (χ0) is 11.4. The van der Waals surface area contributed by atoms with Crippen molar-refractivity contribution in [3.63, 3.8) is 0 Å². The summed E-state index contributed by atoms with van der Waals surface area (Å²) >= 11 is 5.82. The van der Waals surface area contributed by atoms with Crippen LogP contribution in [0.2, 0.25) is 5.02 Å². The van der Waals surface area contributed by atoms with Gasteiger partial charge in [0.25, 0.3) is 0 Å². The monoisotopic (exact) mass is 223 g/mol. The molecule has 0 heterocycles. The van der Waals surface area contributed by atoms with Crippen LogP contribution in [-0.4, -0.2) is 12.4 Å². The molecule has 0 unspecified atom stereocenters. The summed E-state index contributed by atoms with van der Waals surface area (Å²) < 4.78 is 5.27. The number of nitrogens with zero attached hydrogens (tertiary/aromatic N) is 1. The van der Waals surface area contributed by atoms with Crippen LogP contribution in [0.4, 0.5) is 0 Å². The summed E-state index contributed by atoms with van der Waals surface area (Å²) in [6, 6.07) is 4.89. The van der Waals surface area contributed by atoms with Crippen molar-refractivity contribution < 1.29 is 9.53 Å². The fourth-order valence-electron chi connectivity index (χ4n) is 1.19. The molecule has 0 fully saturated rings. The maximum atomic E-state index is 11.3. The smallest absolute Gasteiger partial charge is 0.163 e. The van der Waals surface area contributed by atoms with Gasteiger partial charge < -0.3 is 4.74 Å². The SMILES string of the molecule is CCOc1cc(C#N)c(Cl)cc1C(C)=O. The number of Topliss-reactive ketones (excluding diaryl/α,β-unsaturated/α-hetero) is 1. The van der Waals surface area contributed by atoms with Crippen LogP contribution in [0.25, 0.3) is 0 Å². The Balaban J connectivity index is 3.33. The molecule has 0 radical (unpaired) electrons. The van der Waals surface area contributed by atoms with Crippen LogP contribution in [-0.2, 0) is 0 Å². The normalized spacial score (nSPS) is 9.47. The number of ketones is 1. The molecular weight excluding hydrogens is 214 g/mol. The average molecular weight is 224 g/mol. The maximum absolute atomic E-state index is 11.3. The van der Waals surface area contributed by atoms with Crippen LogP contribution < -0.4 is 4.74 Å². The minimum absolute atomic E-state index is 0.134. The van der Waals surface area contributed by atoms with Gasteiger partial charge in [-0.2, -0.15) is 5.26 Å². The molecule has 1 rings (SSSR count). The summed E-state index contributed by atoms with van der Waals surface area (Å²) in [5, 5.41) is 9.04. The molecule has 0 spiro atoms. The standard InChI is InChI=1S/C11H10ClNO2/c1-3-15-11-4-8(6-13)10(12)5-9(11)7(2)14/h4-5H,3H2,1-2H3. The lowest BCUT2D eigenvalue weighted by molar-refractivity contribution is 0.101. The largest absolute Gasteiger partial charge is 0.493 e. The fraction of sp³-hybridized carbons (Fsp3) is 0.273. The Morgan fingerprint density at radius 3 is 2.73 bits per heavy atom. The molecule has 0 N–H and O–H groups in total. The molecule has 0 aliphatic carbocycles. The van der Waals surface area contributed by atoms with Crippen LogP contribution in [0.15, 0.2) is 12.1 Å². The minimum atomic E-state index is -0.134. The Morgan fingerprint density at radius 1 is 1.60 bits per heavy atom. The van der Waals surface area contributed by atoms with E-state index in [4.69, 9.17) is 21.6 Å². The van der Waals surface area contributed by atoms with E-state index in [1.165, 1.54) is 19.1 Å². The van der Waals surface area contributed by atoms with E-state index in [0.29, 0.717) is 23.5 Å². The molecule has 15 heavy (non-hydrogen) atoms. The predicted octanol–water partition coefficient (Wildman–Crippen LogP) is 2.81. The van der Waals surface area contributed by atoms with E-state index in [9.17, 15) is 4.79 Å². The number of nitriles is 1. The third-order valence-corrected chi connectivity index (χ3v) is 2.18. The lowest BCUT2D eigenvalue weighted by atomic mass is 10.1. The van der Waals surface area contributed by atoms with Gasteiger partial charge in [0.1, 0.15) is 11.8 Å². The highest BCUT2D eigenvalue weighted by Crippen LogP contribution is 2.27. The molecule has 0 aliphatic rings. The first-order chi connectivity index (χ1) is 7.10. The fourth-order valence-corrected chi connectivity index (χ4v) is 1.40. The molecule has 0 saturated carbocycles. The first-order valence-electron chi connectivity index (χ1n) is 4.47. The van der Waals surface area contributed by atoms with Crippen LogP contribution in [0, 0.1) is 11.3 Å². The Hall–Kier alpha value is -1.53. The van der Waals surface area contributed by atoms with E-state index in [1.807, 2.05) is 13.0 Å². The zero-order valence-corrected chi connectivity index (χ0v) is 9.26. The molecular formula is C11H10ClNO2. The maximum Gasteiger partial charge on any atom is 0.163 e. The summed E-state index contributed by atoms with van der Waals surface area (Å²) in [4.78, 5) is 11.3. The Labute approximate surface area is 93.2 Å². The van der Waals surface area contributed by atoms with Gasteiger partial charge in [0.15, 0.2) is 5.78 Å². The molecule has 1 aromatic carbocycles. The second kappa shape index (κ2) is 4.81. The van der Waals surface area contributed by atoms with Crippen LogP contribution in [0.1, 0.15) is 29.8 Å². The zero-order valence-electron chi connectivity index (χ0n) is 8.50. The van der Waals surface area contributed by atoms with Crippen molar-refractivity contribution in [2.75, 3.05) is 6.61 Å². The molecule has 0 saturated heterocycles. The van der Waals surface area contributed by atoms with Gasteiger partial charge in [0, 0.05) is 6.07 Å². The quantitative estimate of drug-likeness (QED) is 0.741. The molecule has 4 heteroatoms. The highest BCUT2D eigenvalue weighted by atomic mass is 35.5. The van der Waals surface area contributed by atoms with Gasteiger partial charge in [0.05, 0.1) is 22.8 Å². The van der Waals surface area contributed by atoms with Gasteiger partial charge in [-0.3, -0.25) is 4.79 Å². The van der Waals surface area contributed by atoms with Crippen molar-refractivity contribution in [1.82, 2.24) is 0 Å². The van der Waals surface area contributed by atoms with Crippen molar-refractivity contribution in [2.45, 2.75) is 13.8 Å². The van der Waals surface area contributed by atoms with Gasteiger partial charge >= 0.3 is 0 Å². The number of carbonyl (C=O) groups excluding carboxylic acids is 1. The lowest BCUT2D eigenvalue weighted by Crippen LogP contribution is -2.01. The van der Waals surface area contributed by atoms with Gasteiger partial charge in [0.2, 0.25) is 0 Å². The van der Waals surface area contributed by atoms with Crippen LogP contribution >= 0.6 is 11.6 Å². The molecule has 1 aromatic rings. The highest BCUT2D eigenvalue weighted by Gasteiger charge is 2.12. The minimum Gasteiger partial charge on any atom is -0.493 e. The van der Waals surface area contributed by atoms with Crippen molar-refractivity contribution in [1.29, 1.82) is 5.26 Å². The summed E-state index contributed by atoms with van der Waals surface area (Å²) in [7, 11) is 0. The summed E-state index contributed by atoms with van der Waals surface area (Å²) in [5.41, 5.74) is 0.714. The van der Waals surface area contributed by atoms with Crippen molar-refractivity contribution in [2.24, 2.45) is 0 Å². The predicted molar refractivity (Wildman–Crippen MR) is 57.3 cm³/mol. The van der Waals surface area contributed by atoms with E-state index in [1.54, 1.807) is 0 Å². The van der Waals surface area contributed by atoms with Crippen LogP contribution in [0.5, 0.6) is 5.75 Å². The highest BCUT2D eigenvalue weighted by molar-refractivity contribution is 6.32. The number of rotatable bonds is 3. The Bertz CT molecular complexity index is 435. The average Bonchev–Trinajstić information content (AvgIpc) is 2.20. The van der Waals surface area contributed by atoms with E-state index < -0.39 is 0 Å². The molecule has 3 nitrogen and oxygen atoms in total. The summed E-state index contributed by atoms with van der Waals surface area (Å²) in [6.45, 7) is 3.68. The molecule has 0 aliphatic heterocycles. The number of halogens is 1. The Kier molecular flexibility index (Phi) is 3.70. The first kappa shape index (κ1) is 11.5. The van der Waals surface area contributed by atoms with E-state index >= 15 is 0 Å². The number of carbonyl (C=O) groups is 1. The first-order valence-corrected chi connectivity index (χ1v) is 4.85. The third kappa shape index (κ3) is 2.48. The Morgan fingerprint density at radius 2 is 2.27 bits per heavy atom. The number of hydrogen-bond donors (Lipinski definition) is 0. The van der Waals surface area contributed by atoms with Gasteiger partial charge in [-0.15, -0.1) is 0 Å². The molecule has 0 atom stereocenters. The van der Waals surface area contributed by atoms with Crippen molar-refractivity contribution >= 4 is 17.4 Å². The van der Waals surface area contributed by atoms with E-state index in [0.717, 1.165) is 0 Å².